The average molecular weight is 358 g/mol. The Morgan fingerprint density at radius 1 is 1.20 bits per heavy atom. The van der Waals surface area contributed by atoms with Crippen LogP contribution >= 0.6 is 0 Å². The largest absolute Gasteiger partial charge is 0.366 e. The van der Waals surface area contributed by atoms with Crippen molar-refractivity contribution in [3.63, 3.8) is 0 Å². The van der Waals surface area contributed by atoms with Crippen LogP contribution < -0.4 is 10.2 Å². The number of fused-ring (bicyclic) bond motifs is 1. The molecule has 3 rings (SSSR count). The summed E-state index contributed by atoms with van der Waals surface area (Å²) < 4.78 is 23.3. The van der Waals surface area contributed by atoms with Crippen LogP contribution in [0.2, 0.25) is 0 Å². The minimum atomic E-state index is -3.32. The van der Waals surface area contributed by atoms with E-state index in [1.807, 2.05) is 12.1 Å². The van der Waals surface area contributed by atoms with Crippen molar-refractivity contribution in [3.05, 3.63) is 59.7 Å². The predicted octanol–water partition coefficient (Wildman–Crippen LogP) is 2.27. The molecular weight excluding hydrogens is 336 g/mol. The lowest BCUT2D eigenvalue weighted by molar-refractivity contribution is 0.0951. The average Bonchev–Trinajstić information content (AvgIpc) is 3.03. The Morgan fingerprint density at radius 3 is 2.72 bits per heavy atom. The van der Waals surface area contributed by atoms with Crippen LogP contribution in [0.1, 0.15) is 22.8 Å². The highest BCUT2D eigenvalue weighted by Crippen LogP contribution is 2.28. The highest BCUT2D eigenvalue weighted by Gasteiger charge is 2.23. The molecule has 6 heteroatoms. The van der Waals surface area contributed by atoms with Crippen molar-refractivity contribution in [2.75, 3.05) is 24.2 Å². The molecule has 132 valence electrons. The van der Waals surface area contributed by atoms with Gasteiger partial charge in [0.05, 0.1) is 4.90 Å². The van der Waals surface area contributed by atoms with E-state index in [1.54, 1.807) is 12.1 Å². The molecule has 0 fully saturated rings. The highest BCUT2D eigenvalue weighted by molar-refractivity contribution is 7.90. The number of hydrogen-bond donors (Lipinski definition) is 1. The zero-order chi connectivity index (χ0) is 18.0. The van der Waals surface area contributed by atoms with E-state index < -0.39 is 9.84 Å². The molecule has 2 aromatic rings. The summed E-state index contributed by atoms with van der Waals surface area (Å²) in [4.78, 5) is 14.8. The first-order chi connectivity index (χ1) is 11.9. The van der Waals surface area contributed by atoms with Gasteiger partial charge < -0.3 is 10.2 Å². The van der Waals surface area contributed by atoms with E-state index in [4.69, 9.17) is 0 Å². The Kier molecular flexibility index (Phi) is 4.81. The van der Waals surface area contributed by atoms with Crippen LogP contribution in [0.25, 0.3) is 0 Å². The van der Waals surface area contributed by atoms with E-state index in [1.165, 1.54) is 23.4 Å². The Hall–Kier alpha value is -2.34. The number of anilines is 1. The number of sulfone groups is 1. The van der Waals surface area contributed by atoms with Crippen molar-refractivity contribution in [1.82, 2.24) is 5.32 Å². The second-order valence-corrected chi connectivity index (χ2v) is 8.45. The number of amides is 1. The molecule has 1 amide bonds. The summed E-state index contributed by atoms with van der Waals surface area (Å²) in [6.07, 6.45) is 2.15. The predicted molar refractivity (Wildman–Crippen MR) is 98.8 cm³/mol. The zero-order valence-electron chi connectivity index (χ0n) is 14.4. The molecule has 0 unspecified atom stereocenters. The lowest BCUT2D eigenvalue weighted by Crippen LogP contribution is -2.41. The first-order valence-corrected chi connectivity index (χ1v) is 10.2. The molecule has 25 heavy (non-hydrogen) atoms. The van der Waals surface area contributed by atoms with Gasteiger partial charge in [-0.2, -0.15) is 0 Å². The summed E-state index contributed by atoms with van der Waals surface area (Å²) in [5.41, 5.74) is 2.92. The Balaban J connectivity index is 1.65. The zero-order valence-corrected chi connectivity index (χ0v) is 15.2. The van der Waals surface area contributed by atoms with Crippen molar-refractivity contribution < 1.29 is 13.2 Å². The molecule has 1 N–H and O–H groups in total. The Bertz CT molecular complexity index is 893. The summed E-state index contributed by atoms with van der Waals surface area (Å²) in [5.74, 6) is -0.259. The minimum absolute atomic E-state index is 0.154. The van der Waals surface area contributed by atoms with Crippen LogP contribution in [0.3, 0.4) is 0 Å². The van der Waals surface area contributed by atoms with Gasteiger partial charge in [0.2, 0.25) is 0 Å². The van der Waals surface area contributed by atoms with Crippen molar-refractivity contribution >= 4 is 21.4 Å². The van der Waals surface area contributed by atoms with Crippen LogP contribution in [0.15, 0.2) is 53.4 Å². The summed E-state index contributed by atoms with van der Waals surface area (Å²) >= 11 is 0. The molecule has 1 aliphatic heterocycles. The molecule has 0 bridgehead atoms. The van der Waals surface area contributed by atoms with Gasteiger partial charge >= 0.3 is 0 Å². The molecule has 1 aliphatic rings. The van der Waals surface area contributed by atoms with Crippen LogP contribution in [0.4, 0.5) is 5.69 Å². The number of para-hydroxylation sites is 1. The van der Waals surface area contributed by atoms with Crippen LogP contribution in [0, 0.1) is 0 Å². The van der Waals surface area contributed by atoms with Crippen LogP contribution in [-0.2, 0) is 16.3 Å². The van der Waals surface area contributed by atoms with Gasteiger partial charge in [0, 0.05) is 36.6 Å². The quantitative estimate of drug-likeness (QED) is 0.890. The molecule has 0 saturated carbocycles. The number of carbonyl (C=O) groups is 1. The topological polar surface area (TPSA) is 66.5 Å². The second kappa shape index (κ2) is 6.88. The fourth-order valence-corrected chi connectivity index (χ4v) is 3.81. The summed E-state index contributed by atoms with van der Waals surface area (Å²) in [6.45, 7) is 3.52. The molecule has 0 aliphatic carbocycles. The third-order valence-electron chi connectivity index (χ3n) is 4.54. The minimum Gasteiger partial charge on any atom is -0.366 e. The third kappa shape index (κ3) is 3.85. The van der Waals surface area contributed by atoms with Crippen molar-refractivity contribution in [1.29, 1.82) is 0 Å². The van der Waals surface area contributed by atoms with Gasteiger partial charge in [0.15, 0.2) is 9.84 Å². The van der Waals surface area contributed by atoms with Gasteiger partial charge in [-0.1, -0.05) is 24.3 Å². The van der Waals surface area contributed by atoms with E-state index in [9.17, 15) is 13.2 Å². The number of rotatable bonds is 5. The maximum Gasteiger partial charge on any atom is 0.251 e. The standard InChI is InChI=1S/C19H22N2O3S/c1-14(21-11-10-15-6-3-4-9-18(15)21)13-20-19(22)16-7-5-8-17(12-16)25(2,23)24/h3-9,12,14H,10-11,13H2,1-2H3,(H,20,22)/t14-/m1/s1. The first-order valence-electron chi connectivity index (χ1n) is 8.29. The van der Waals surface area contributed by atoms with Crippen molar-refractivity contribution in [3.8, 4) is 0 Å². The monoisotopic (exact) mass is 358 g/mol. The first kappa shape index (κ1) is 17.5. The van der Waals surface area contributed by atoms with Gasteiger partial charge in [0.25, 0.3) is 5.91 Å². The highest BCUT2D eigenvalue weighted by atomic mass is 32.2. The van der Waals surface area contributed by atoms with Crippen molar-refractivity contribution in [2.45, 2.75) is 24.3 Å². The van der Waals surface area contributed by atoms with E-state index in [2.05, 4.69) is 29.3 Å². The lowest BCUT2D eigenvalue weighted by Gasteiger charge is -2.27. The van der Waals surface area contributed by atoms with Gasteiger partial charge in [-0.15, -0.1) is 0 Å². The number of benzene rings is 2. The Labute approximate surface area is 148 Å². The molecule has 5 nitrogen and oxygen atoms in total. The lowest BCUT2D eigenvalue weighted by atomic mass is 10.1. The number of carbonyl (C=O) groups excluding carboxylic acids is 1. The van der Waals surface area contributed by atoms with E-state index in [0.717, 1.165) is 19.2 Å². The summed E-state index contributed by atoms with van der Waals surface area (Å²) in [6, 6.07) is 14.6. The molecular formula is C19H22N2O3S. The SMILES string of the molecule is C[C@H](CNC(=O)c1cccc(S(C)(=O)=O)c1)N1CCc2ccccc21. The van der Waals surface area contributed by atoms with Gasteiger partial charge in [-0.05, 0) is 43.2 Å². The van der Waals surface area contributed by atoms with E-state index in [0.29, 0.717) is 12.1 Å². The molecule has 2 aromatic carbocycles. The van der Waals surface area contributed by atoms with Crippen LogP contribution in [-0.4, -0.2) is 39.7 Å². The molecule has 0 spiro atoms. The van der Waals surface area contributed by atoms with Crippen molar-refractivity contribution in [2.24, 2.45) is 0 Å². The maximum absolute atomic E-state index is 12.4. The van der Waals surface area contributed by atoms with Gasteiger partial charge in [-0.3, -0.25) is 4.79 Å². The second-order valence-electron chi connectivity index (χ2n) is 6.43. The molecule has 0 saturated heterocycles. The summed E-state index contributed by atoms with van der Waals surface area (Å²) in [5, 5.41) is 2.91. The summed E-state index contributed by atoms with van der Waals surface area (Å²) in [7, 11) is -3.32. The maximum atomic E-state index is 12.4. The number of nitrogens with zero attached hydrogens (tertiary/aromatic N) is 1. The third-order valence-corrected chi connectivity index (χ3v) is 5.65. The fourth-order valence-electron chi connectivity index (χ4n) is 3.14. The van der Waals surface area contributed by atoms with Gasteiger partial charge in [-0.25, -0.2) is 8.42 Å². The number of nitrogens with one attached hydrogen (secondary N) is 1. The number of hydrogen-bond acceptors (Lipinski definition) is 4. The van der Waals surface area contributed by atoms with E-state index >= 15 is 0 Å². The Morgan fingerprint density at radius 2 is 1.96 bits per heavy atom. The van der Waals surface area contributed by atoms with Crippen LogP contribution in [0.5, 0.6) is 0 Å². The molecule has 0 aromatic heterocycles. The van der Waals surface area contributed by atoms with E-state index in [-0.39, 0.29) is 16.8 Å². The smallest absolute Gasteiger partial charge is 0.251 e. The molecule has 1 atom stereocenters. The van der Waals surface area contributed by atoms with Gasteiger partial charge in [0.1, 0.15) is 0 Å². The molecule has 0 radical (unpaired) electrons. The normalized spacial score (nSPS) is 14.9. The molecule has 1 heterocycles. The fraction of sp³-hybridized carbons (Fsp3) is 0.316.